The first-order valence-electron chi connectivity index (χ1n) is 15.3. The molecule has 0 saturated heterocycles. The van der Waals surface area contributed by atoms with Gasteiger partial charge < -0.3 is 14.0 Å². The van der Waals surface area contributed by atoms with Crippen LogP contribution in [-0.2, 0) is 21.1 Å². The summed E-state index contributed by atoms with van der Waals surface area (Å²) in [6.07, 6.45) is 5.78. The van der Waals surface area contributed by atoms with Crippen molar-refractivity contribution in [2.45, 2.75) is 39.5 Å². The van der Waals surface area contributed by atoms with Crippen LogP contribution in [0.4, 0.5) is 0 Å². The van der Waals surface area contributed by atoms with E-state index in [9.17, 15) is 0 Å². The minimum Gasteiger partial charge on any atom is -0.509 e. The largest absolute Gasteiger partial charge is 2.00 e. The zero-order valence-electron chi connectivity index (χ0n) is 26.4. The van der Waals surface area contributed by atoms with Gasteiger partial charge in [-0.2, -0.15) is 17.2 Å². The van der Waals surface area contributed by atoms with Gasteiger partial charge in [-0.05, 0) is 51.7 Å². The van der Waals surface area contributed by atoms with Gasteiger partial charge in [-0.25, -0.2) is 4.98 Å². The van der Waals surface area contributed by atoms with Gasteiger partial charge in [0.25, 0.3) is 0 Å². The van der Waals surface area contributed by atoms with Crippen LogP contribution in [0.5, 0.6) is 17.2 Å². The van der Waals surface area contributed by atoms with Crippen LogP contribution in [0.15, 0.2) is 104 Å². The van der Waals surface area contributed by atoms with Crippen LogP contribution in [0.3, 0.4) is 0 Å². The fourth-order valence-electron chi connectivity index (χ4n) is 6.04. The average molecular weight is 786 g/mol. The SMILES string of the molecule is COc1ccnc(-n2c3[c-]c(Oc4[c-]c(-n5cc(-c6c(C(C)C)cccc6C(C)C)cn5)ccc4)ccc3c3ccccc32)c1.[Pt+2]. The third-order valence-corrected chi connectivity index (χ3v) is 8.20. The van der Waals surface area contributed by atoms with Crippen LogP contribution < -0.4 is 9.47 Å². The van der Waals surface area contributed by atoms with Crippen molar-refractivity contribution in [2.75, 3.05) is 7.11 Å². The zero-order valence-corrected chi connectivity index (χ0v) is 28.7. The van der Waals surface area contributed by atoms with Crippen LogP contribution in [0, 0.1) is 12.1 Å². The standard InChI is InChI=1S/C39H34N4O2.Pt/c1-25(2)32-13-9-14-33(26(3)4)39(32)27-23-41-42(24-27)28-10-8-11-30(20-28)45-31-16-17-35-34-12-6-7-15-36(34)43(37(35)21-31)38-22-29(44-5)18-19-40-38;/h6-19,22-26H,1-5H3;/q-2;+2. The molecule has 0 aliphatic heterocycles. The molecule has 0 unspecified atom stereocenters. The van der Waals surface area contributed by atoms with E-state index in [0.29, 0.717) is 23.3 Å². The molecular weight excluding hydrogens is 752 g/mol. The number of hydrogen-bond acceptors (Lipinski definition) is 4. The molecule has 4 aromatic carbocycles. The summed E-state index contributed by atoms with van der Waals surface area (Å²) >= 11 is 0. The molecule has 0 aliphatic rings. The predicted molar refractivity (Wildman–Crippen MR) is 180 cm³/mol. The summed E-state index contributed by atoms with van der Waals surface area (Å²) < 4.78 is 15.8. The number of aromatic nitrogens is 4. The van der Waals surface area contributed by atoms with Gasteiger partial charge in [0.15, 0.2) is 0 Å². The summed E-state index contributed by atoms with van der Waals surface area (Å²) in [6, 6.07) is 35.4. The van der Waals surface area contributed by atoms with Gasteiger partial charge in [-0.15, -0.1) is 35.7 Å². The van der Waals surface area contributed by atoms with Gasteiger partial charge in [-0.1, -0.05) is 69.6 Å². The first kappa shape index (κ1) is 31.3. The first-order chi connectivity index (χ1) is 21.9. The van der Waals surface area contributed by atoms with E-state index in [1.54, 1.807) is 13.3 Å². The molecule has 0 N–H and O–H groups in total. The number of pyridine rings is 1. The molecule has 46 heavy (non-hydrogen) atoms. The summed E-state index contributed by atoms with van der Waals surface area (Å²) in [5.74, 6) is 3.44. The minimum atomic E-state index is 0. The number of methoxy groups -OCH3 is 1. The number of benzene rings is 4. The quantitative estimate of drug-likeness (QED) is 0.144. The Hall–Kier alpha value is -4.67. The van der Waals surface area contributed by atoms with Gasteiger partial charge >= 0.3 is 21.1 Å². The molecule has 7 rings (SSSR count). The molecule has 0 bridgehead atoms. The number of hydrogen-bond donors (Lipinski definition) is 0. The van der Waals surface area contributed by atoms with E-state index in [-0.39, 0.29) is 21.1 Å². The molecule has 232 valence electrons. The number of rotatable bonds is 8. The molecule has 0 atom stereocenters. The normalized spacial score (nSPS) is 11.4. The summed E-state index contributed by atoms with van der Waals surface area (Å²) in [6.45, 7) is 8.96. The van der Waals surface area contributed by atoms with Gasteiger partial charge in [0.2, 0.25) is 0 Å². The maximum absolute atomic E-state index is 6.36. The fraction of sp³-hybridized carbons (Fsp3) is 0.179. The van der Waals surface area contributed by atoms with E-state index >= 15 is 0 Å². The Labute approximate surface area is 283 Å². The van der Waals surface area contributed by atoms with Crippen molar-refractivity contribution in [3.63, 3.8) is 0 Å². The average Bonchev–Trinajstić information content (AvgIpc) is 3.68. The molecule has 6 nitrogen and oxygen atoms in total. The molecule has 0 amide bonds. The Kier molecular flexibility index (Phi) is 8.84. The third kappa shape index (κ3) is 5.74. The van der Waals surface area contributed by atoms with Crippen LogP contribution in [0.25, 0.3) is 44.4 Å². The number of fused-ring (bicyclic) bond motifs is 3. The van der Waals surface area contributed by atoms with Gasteiger partial charge in [0.05, 0.1) is 13.3 Å². The number of para-hydroxylation sites is 1. The monoisotopic (exact) mass is 785 g/mol. The van der Waals surface area contributed by atoms with Gasteiger partial charge in [-0.3, -0.25) is 4.68 Å². The van der Waals surface area contributed by atoms with Crippen molar-refractivity contribution in [3.8, 4) is 39.9 Å². The summed E-state index contributed by atoms with van der Waals surface area (Å²) in [4.78, 5) is 4.65. The number of ether oxygens (including phenoxy) is 2. The predicted octanol–water partition coefficient (Wildman–Crippen LogP) is 9.68. The topological polar surface area (TPSA) is 54.1 Å². The van der Waals surface area contributed by atoms with Crippen molar-refractivity contribution >= 4 is 21.8 Å². The van der Waals surface area contributed by atoms with E-state index in [2.05, 4.69) is 92.0 Å². The molecule has 7 aromatic rings. The third-order valence-electron chi connectivity index (χ3n) is 8.20. The second-order valence-corrected chi connectivity index (χ2v) is 11.8. The number of nitrogens with zero attached hydrogens (tertiary/aromatic N) is 4. The van der Waals surface area contributed by atoms with Crippen LogP contribution in [0.1, 0.15) is 50.7 Å². The Balaban J connectivity index is 0.00000372. The van der Waals surface area contributed by atoms with Crippen molar-refractivity contribution in [1.82, 2.24) is 19.3 Å². The Morgan fingerprint density at radius 3 is 2.26 bits per heavy atom. The Morgan fingerprint density at radius 1 is 0.761 bits per heavy atom. The molecule has 3 aromatic heterocycles. The summed E-state index contributed by atoms with van der Waals surface area (Å²) in [7, 11) is 1.66. The summed E-state index contributed by atoms with van der Waals surface area (Å²) in [5.41, 5.74) is 7.72. The molecule has 0 radical (unpaired) electrons. The fourth-order valence-corrected chi connectivity index (χ4v) is 6.04. The zero-order chi connectivity index (χ0) is 31.1. The van der Waals surface area contributed by atoms with Gasteiger partial charge in [0, 0.05) is 41.0 Å². The molecule has 0 fully saturated rings. The van der Waals surface area contributed by atoms with Crippen LogP contribution >= 0.6 is 0 Å². The van der Waals surface area contributed by atoms with Gasteiger partial charge in [0.1, 0.15) is 11.6 Å². The molecular formula is C39H34N4O2Pt. The second kappa shape index (κ2) is 13.0. The molecule has 0 saturated carbocycles. The van der Waals surface area contributed by atoms with Crippen molar-refractivity contribution < 1.29 is 30.5 Å². The summed E-state index contributed by atoms with van der Waals surface area (Å²) in [5, 5.41) is 6.91. The Bertz CT molecular complexity index is 2140. The van der Waals surface area contributed by atoms with Crippen LogP contribution in [-0.4, -0.2) is 26.4 Å². The van der Waals surface area contributed by atoms with E-state index in [0.717, 1.165) is 44.6 Å². The first-order valence-corrected chi connectivity index (χ1v) is 15.3. The van der Waals surface area contributed by atoms with Crippen molar-refractivity contribution in [1.29, 1.82) is 0 Å². The van der Waals surface area contributed by atoms with Crippen LogP contribution in [0.2, 0.25) is 0 Å². The Morgan fingerprint density at radius 2 is 1.50 bits per heavy atom. The van der Waals surface area contributed by atoms with Crippen molar-refractivity contribution in [2.24, 2.45) is 0 Å². The maximum atomic E-state index is 6.36. The van der Waals surface area contributed by atoms with E-state index < -0.39 is 0 Å². The minimum absolute atomic E-state index is 0. The second-order valence-electron chi connectivity index (χ2n) is 11.8. The molecule has 7 heteroatoms. The maximum Gasteiger partial charge on any atom is 2.00 e. The molecule has 0 aliphatic carbocycles. The molecule has 0 spiro atoms. The van der Waals surface area contributed by atoms with Crippen molar-refractivity contribution in [3.05, 3.63) is 127 Å². The van der Waals surface area contributed by atoms with E-state index in [4.69, 9.17) is 14.6 Å². The van der Waals surface area contributed by atoms with E-state index in [1.807, 2.05) is 59.4 Å². The smallest absolute Gasteiger partial charge is 0.509 e. The molecule has 3 heterocycles. The van der Waals surface area contributed by atoms with E-state index in [1.165, 1.54) is 16.7 Å².